The fourth-order valence-corrected chi connectivity index (χ4v) is 4.29. The number of carbonyl (C=O) groups excluding carboxylic acids is 1. The van der Waals surface area contributed by atoms with E-state index < -0.39 is 0 Å². The molecular weight excluding hydrogens is 326 g/mol. The average molecular weight is 362 g/mol. The lowest BCUT2D eigenvalue weighted by molar-refractivity contribution is 0.153. The Bertz CT molecular complexity index is 562. The fraction of sp³-hybridized carbons (Fsp3) is 0.850. The van der Waals surface area contributed by atoms with Crippen LogP contribution in [0.5, 0.6) is 0 Å². The van der Waals surface area contributed by atoms with Gasteiger partial charge in [-0.05, 0) is 43.9 Å². The zero-order chi connectivity index (χ0) is 18.4. The van der Waals surface area contributed by atoms with Crippen LogP contribution in [-0.4, -0.2) is 45.1 Å². The lowest BCUT2D eigenvalue weighted by Crippen LogP contribution is -2.49. The summed E-state index contributed by atoms with van der Waals surface area (Å²) >= 11 is 0. The normalized spacial score (nSPS) is 22.4. The Labute approximate surface area is 157 Å². The highest BCUT2D eigenvalue weighted by atomic mass is 16.2. The van der Waals surface area contributed by atoms with Crippen molar-refractivity contribution in [1.82, 2.24) is 25.2 Å². The van der Waals surface area contributed by atoms with E-state index in [1.807, 2.05) is 9.58 Å². The zero-order valence-electron chi connectivity index (χ0n) is 16.5. The molecule has 1 aromatic heterocycles. The number of likely N-dealkylation sites (tertiary alicyclic amines) is 1. The molecule has 3 rings (SSSR count). The van der Waals surface area contributed by atoms with Crippen molar-refractivity contribution >= 4 is 6.03 Å². The van der Waals surface area contributed by atoms with Crippen LogP contribution >= 0.6 is 0 Å². The summed E-state index contributed by atoms with van der Waals surface area (Å²) in [7, 11) is 0. The zero-order valence-corrected chi connectivity index (χ0v) is 16.5. The molecule has 0 aromatic carbocycles. The molecule has 1 saturated carbocycles. The van der Waals surface area contributed by atoms with Gasteiger partial charge in [0.05, 0.1) is 5.69 Å². The summed E-state index contributed by atoms with van der Waals surface area (Å²) in [6.07, 6.45) is 12.7. The van der Waals surface area contributed by atoms with Gasteiger partial charge in [0.25, 0.3) is 0 Å². The second-order valence-electron chi connectivity index (χ2n) is 8.62. The minimum atomic E-state index is 0.140. The molecule has 6 heteroatoms. The Hall–Kier alpha value is -1.59. The number of urea groups is 1. The van der Waals surface area contributed by atoms with Crippen molar-refractivity contribution in [3.63, 3.8) is 0 Å². The molecule has 2 heterocycles. The summed E-state index contributed by atoms with van der Waals surface area (Å²) in [5, 5.41) is 11.9. The van der Waals surface area contributed by atoms with Crippen LogP contribution in [0.1, 0.15) is 70.9 Å². The van der Waals surface area contributed by atoms with E-state index in [1.165, 1.54) is 25.7 Å². The van der Waals surface area contributed by atoms with E-state index in [0.29, 0.717) is 17.9 Å². The lowest BCUT2D eigenvalue weighted by Gasteiger charge is -2.33. The van der Waals surface area contributed by atoms with Gasteiger partial charge in [-0.2, -0.15) is 0 Å². The van der Waals surface area contributed by atoms with Gasteiger partial charge in [-0.3, -0.25) is 4.68 Å². The first kappa shape index (κ1) is 19.2. The van der Waals surface area contributed by atoms with E-state index in [9.17, 15) is 4.79 Å². The monoisotopic (exact) mass is 361 g/mol. The smallest absolute Gasteiger partial charge is 0.317 e. The molecule has 1 saturated heterocycles. The van der Waals surface area contributed by atoms with E-state index in [-0.39, 0.29) is 6.03 Å². The Morgan fingerprint density at radius 2 is 1.96 bits per heavy atom. The maximum Gasteiger partial charge on any atom is 0.317 e. The van der Waals surface area contributed by atoms with Crippen molar-refractivity contribution in [2.24, 2.45) is 11.8 Å². The third-order valence-electron chi connectivity index (χ3n) is 5.64. The number of aromatic nitrogens is 3. The van der Waals surface area contributed by atoms with Crippen LogP contribution in [-0.2, 0) is 13.0 Å². The van der Waals surface area contributed by atoms with Gasteiger partial charge in [-0.1, -0.05) is 44.7 Å². The molecule has 2 amide bonds. The highest BCUT2D eigenvalue weighted by Crippen LogP contribution is 2.20. The summed E-state index contributed by atoms with van der Waals surface area (Å²) in [5.74, 6) is 1.07. The predicted octanol–water partition coefficient (Wildman–Crippen LogP) is 3.62. The molecule has 0 bridgehead atoms. The van der Waals surface area contributed by atoms with Crippen molar-refractivity contribution < 1.29 is 4.79 Å². The maximum atomic E-state index is 12.7. The number of hydrogen-bond donors (Lipinski definition) is 1. The lowest BCUT2D eigenvalue weighted by atomic mass is 9.98. The van der Waals surface area contributed by atoms with Gasteiger partial charge in [0, 0.05) is 31.9 Å². The minimum Gasteiger partial charge on any atom is -0.335 e. The molecule has 1 N–H and O–H groups in total. The van der Waals surface area contributed by atoms with Crippen molar-refractivity contribution in [3.8, 4) is 0 Å². The summed E-state index contributed by atoms with van der Waals surface area (Å²) in [5.41, 5.74) is 1.07. The van der Waals surface area contributed by atoms with Crippen molar-refractivity contribution in [2.75, 3.05) is 13.1 Å². The fourth-order valence-electron chi connectivity index (χ4n) is 4.29. The molecular formula is C20H35N5O. The third kappa shape index (κ3) is 5.71. The number of rotatable bonds is 5. The van der Waals surface area contributed by atoms with Crippen LogP contribution in [0.3, 0.4) is 0 Å². The van der Waals surface area contributed by atoms with Gasteiger partial charge >= 0.3 is 6.03 Å². The molecule has 6 nitrogen and oxygen atoms in total. The number of amides is 2. The first-order valence-corrected chi connectivity index (χ1v) is 10.5. The summed E-state index contributed by atoms with van der Waals surface area (Å²) < 4.78 is 1.97. The van der Waals surface area contributed by atoms with Gasteiger partial charge in [0.2, 0.25) is 0 Å². The second-order valence-corrected chi connectivity index (χ2v) is 8.62. The first-order chi connectivity index (χ1) is 12.6. The molecule has 2 fully saturated rings. The van der Waals surface area contributed by atoms with Crippen molar-refractivity contribution in [2.45, 2.75) is 84.2 Å². The molecule has 1 atom stereocenters. The molecule has 1 unspecified atom stereocenters. The summed E-state index contributed by atoms with van der Waals surface area (Å²) in [6.45, 7) is 6.97. The molecule has 1 aromatic rings. The minimum absolute atomic E-state index is 0.140. The molecule has 1 aliphatic heterocycles. The van der Waals surface area contributed by atoms with Crippen LogP contribution in [0, 0.1) is 11.8 Å². The number of piperidine rings is 1. The molecule has 146 valence electrons. The van der Waals surface area contributed by atoms with Crippen LogP contribution in [0.2, 0.25) is 0 Å². The molecule has 0 radical (unpaired) electrons. The maximum absolute atomic E-state index is 12.7. The Morgan fingerprint density at radius 3 is 2.69 bits per heavy atom. The molecule has 26 heavy (non-hydrogen) atoms. The van der Waals surface area contributed by atoms with Crippen LogP contribution in [0.4, 0.5) is 4.79 Å². The summed E-state index contributed by atoms with van der Waals surface area (Å²) in [6, 6.07) is 0.514. The Morgan fingerprint density at radius 1 is 1.19 bits per heavy atom. The van der Waals surface area contributed by atoms with E-state index in [4.69, 9.17) is 0 Å². The highest BCUT2D eigenvalue weighted by molar-refractivity contribution is 5.74. The van der Waals surface area contributed by atoms with E-state index in [1.54, 1.807) is 0 Å². The van der Waals surface area contributed by atoms with Crippen LogP contribution in [0.15, 0.2) is 6.20 Å². The predicted molar refractivity (Wildman–Crippen MR) is 103 cm³/mol. The average Bonchev–Trinajstić information content (AvgIpc) is 2.88. The van der Waals surface area contributed by atoms with E-state index in [2.05, 4.69) is 35.7 Å². The van der Waals surface area contributed by atoms with Gasteiger partial charge < -0.3 is 10.2 Å². The number of hydrogen-bond acceptors (Lipinski definition) is 3. The quantitative estimate of drug-likeness (QED) is 0.815. The van der Waals surface area contributed by atoms with E-state index in [0.717, 1.165) is 57.4 Å². The Kier molecular flexibility index (Phi) is 6.92. The number of carbonyl (C=O) groups is 1. The van der Waals surface area contributed by atoms with Gasteiger partial charge in [0.15, 0.2) is 0 Å². The van der Waals surface area contributed by atoms with E-state index >= 15 is 0 Å². The topological polar surface area (TPSA) is 63.1 Å². The highest BCUT2D eigenvalue weighted by Gasteiger charge is 2.26. The molecule has 2 aliphatic rings. The Balaban J connectivity index is 1.48. The van der Waals surface area contributed by atoms with Crippen LogP contribution in [0.25, 0.3) is 0 Å². The second kappa shape index (κ2) is 9.38. The molecule has 1 aliphatic carbocycles. The number of nitrogens with zero attached hydrogens (tertiary/aromatic N) is 4. The van der Waals surface area contributed by atoms with Gasteiger partial charge in [-0.25, -0.2) is 4.79 Å². The standard InChI is InChI=1S/C20H35N5O/c1-16(2)12-19-15-25(23-22-19)14-17-8-7-11-24(13-17)20(26)21-18-9-5-3-4-6-10-18/h15-18H,3-14H2,1-2H3,(H,21,26). The SMILES string of the molecule is CC(C)Cc1cn(CC2CCCN(C(=O)NC3CCCCCC3)C2)nn1. The first-order valence-electron chi connectivity index (χ1n) is 10.5. The molecule has 0 spiro atoms. The number of nitrogens with one attached hydrogen (secondary N) is 1. The largest absolute Gasteiger partial charge is 0.335 e. The van der Waals surface area contributed by atoms with Crippen molar-refractivity contribution in [1.29, 1.82) is 0 Å². The van der Waals surface area contributed by atoms with Gasteiger partial charge in [0.1, 0.15) is 0 Å². The van der Waals surface area contributed by atoms with Crippen LogP contribution < -0.4 is 5.32 Å². The van der Waals surface area contributed by atoms with Crippen molar-refractivity contribution in [3.05, 3.63) is 11.9 Å². The summed E-state index contributed by atoms with van der Waals surface area (Å²) in [4.78, 5) is 14.7. The van der Waals surface area contributed by atoms with Gasteiger partial charge in [-0.15, -0.1) is 5.10 Å². The third-order valence-corrected chi connectivity index (χ3v) is 5.64.